The van der Waals surface area contributed by atoms with Crippen LogP contribution in [0.3, 0.4) is 0 Å². The summed E-state index contributed by atoms with van der Waals surface area (Å²) >= 11 is 0. The number of hydrogen-bond donors (Lipinski definition) is 4. The number of aliphatic hydroxyl groups excluding tert-OH is 2. The first-order valence-electron chi connectivity index (χ1n) is 7.77. The highest BCUT2D eigenvalue weighted by Crippen LogP contribution is 2.04. The molecule has 0 saturated carbocycles. The van der Waals surface area contributed by atoms with Crippen molar-refractivity contribution in [1.29, 1.82) is 0 Å². The Morgan fingerprint density at radius 2 is 1.58 bits per heavy atom. The summed E-state index contributed by atoms with van der Waals surface area (Å²) in [6, 6.07) is -0.863. The summed E-state index contributed by atoms with van der Waals surface area (Å²) in [5, 5.41) is 22.0. The van der Waals surface area contributed by atoms with Gasteiger partial charge in [0.25, 0.3) is 0 Å². The van der Waals surface area contributed by atoms with Gasteiger partial charge in [0, 0.05) is 6.54 Å². The van der Waals surface area contributed by atoms with E-state index in [1.165, 1.54) is 0 Å². The molecule has 2 amide bonds. The van der Waals surface area contributed by atoms with Crippen LogP contribution in [0.2, 0.25) is 0 Å². The van der Waals surface area contributed by atoms with E-state index in [0.717, 1.165) is 0 Å². The van der Waals surface area contributed by atoms with Gasteiger partial charge in [0.15, 0.2) is 0 Å². The number of aliphatic hydroxyl groups is 2. The molecule has 0 spiro atoms. The summed E-state index contributed by atoms with van der Waals surface area (Å²) in [7, 11) is 0. The van der Waals surface area contributed by atoms with E-state index in [0.29, 0.717) is 25.8 Å². The molecule has 0 aromatic heterocycles. The molecule has 0 aliphatic heterocycles. The lowest BCUT2D eigenvalue weighted by Crippen LogP contribution is -2.42. The molecule has 0 aromatic carbocycles. The van der Waals surface area contributed by atoms with Crippen LogP contribution < -0.4 is 10.6 Å². The molecule has 24 heavy (non-hydrogen) atoms. The fourth-order valence-electron chi connectivity index (χ4n) is 1.67. The fraction of sp³-hybridized carbons (Fsp3) is 0.786. The highest BCUT2D eigenvalue weighted by Gasteiger charge is 2.22. The molecule has 0 bridgehead atoms. The standard InChI is InChI=1S/C14H26N2O8/c1-2-22-12(19)11(16-14(21)24-10-8-18)5-3-4-6-15-13(20)23-9-7-17/h11,17-18H,2-10H2,1H3,(H,15,20)(H,16,21). The second-order valence-electron chi connectivity index (χ2n) is 4.59. The number of carbonyl (C=O) groups excluding carboxylic acids is 3. The van der Waals surface area contributed by atoms with Gasteiger partial charge in [0.2, 0.25) is 0 Å². The van der Waals surface area contributed by atoms with Crippen molar-refractivity contribution >= 4 is 18.2 Å². The number of unbranched alkanes of at least 4 members (excludes halogenated alkanes) is 1. The van der Waals surface area contributed by atoms with Gasteiger partial charge in [-0.15, -0.1) is 0 Å². The van der Waals surface area contributed by atoms with Crippen LogP contribution in [0.1, 0.15) is 26.2 Å². The largest absolute Gasteiger partial charge is 0.464 e. The molecule has 0 rings (SSSR count). The highest BCUT2D eigenvalue weighted by atomic mass is 16.6. The molecule has 0 radical (unpaired) electrons. The smallest absolute Gasteiger partial charge is 0.407 e. The zero-order chi connectivity index (χ0) is 18.2. The summed E-state index contributed by atoms with van der Waals surface area (Å²) in [4.78, 5) is 34.4. The van der Waals surface area contributed by atoms with E-state index in [1.54, 1.807) is 6.92 Å². The van der Waals surface area contributed by atoms with Gasteiger partial charge < -0.3 is 35.1 Å². The summed E-state index contributed by atoms with van der Waals surface area (Å²) in [5.41, 5.74) is 0. The number of amides is 2. The van der Waals surface area contributed by atoms with Crippen molar-refractivity contribution in [2.45, 2.75) is 32.2 Å². The predicted molar refractivity (Wildman–Crippen MR) is 82.3 cm³/mol. The maximum absolute atomic E-state index is 11.8. The first kappa shape index (κ1) is 21.9. The topological polar surface area (TPSA) is 143 Å². The van der Waals surface area contributed by atoms with E-state index >= 15 is 0 Å². The van der Waals surface area contributed by atoms with Gasteiger partial charge in [0.05, 0.1) is 19.8 Å². The zero-order valence-electron chi connectivity index (χ0n) is 13.8. The van der Waals surface area contributed by atoms with Crippen LogP contribution in [0.5, 0.6) is 0 Å². The Morgan fingerprint density at radius 1 is 0.958 bits per heavy atom. The number of ether oxygens (including phenoxy) is 3. The maximum atomic E-state index is 11.8. The van der Waals surface area contributed by atoms with E-state index in [9.17, 15) is 14.4 Å². The van der Waals surface area contributed by atoms with Crippen molar-refractivity contribution in [2.24, 2.45) is 0 Å². The average molecular weight is 350 g/mol. The number of rotatable bonds is 12. The van der Waals surface area contributed by atoms with Gasteiger partial charge in [-0.05, 0) is 26.2 Å². The van der Waals surface area contributed by atoms with Crippen LogP contribution in [0.25, 0.3) is 0 Å². The van der Waals surface area contributed by atoms with E-state index in [2.05, 4.69) is 20.1 Å². The molecule has 10 heteroatoms. The van der Waals surface area contributed by atoms with Crippen molar-refractivity contribution in [1.82, 2.24) is 10.6 Å². The summed E-state index contributed by atoms with van der Waals surface area (Å²) < 4.78 is 14.1. The lowest BCUT2D eigenvalue weighted by molar-refractivity contribution is -0.145. The molecular formula is C14H26N2O8. The molecule has 0 saturated heterocycles. The predicted octanol–water partition coefficient (Wildman–Crippen LogP) is -0.475. The van der Waals surface area contributed by atoms with Gasteiger partial charge in [-0.2, -0.15) is 0 Å². The third kappa shape index (κ3) is 11.5. The number of nitrogens with one attached hydrogen (secondary N) is 2. The first-order valence-corrected chi connectivity index (χ1v) is 7.77. The van der Waals surface area contributed by atoms with E-state index in [4.69, 9.17) is 14.9 Å². The number of hydrogen-bond acceptors (Lipinski definition) is 8. The second-order valence-corrected chi connectivity index (χ2v) is 4.59. The van der Waals surface area contributed by atoms with Crippen molar-refractivity contribution in [2.75, 3.05) is 39.6 Å². The first-order chi connectivity index (χ1) is 11.5. The summed E-state index contributed by atoms with van der Waals surface area (Å²) in [5.74, 6) is -0.575. The molecule has 0 aliphatic carbocycles. The Kier molecular flexibility index (Phi) is 13.3. The molecule has 1 atom stereocenters. The van der Waals surface area contributed by atoms with Crippen LogP contribution in [-0.2, 0) is 19.0 Å². The maximum Gasteiger partial charge on any atom is 0.407 e. The molecule has 140 valence electrons. The Balaban J connectivity index is 4.10. The zero-order valence-corrected chi connectivity index (χ0v) is 13.8. The molecule has 0 aliphatic rings. The monoisotopic (exact) mass is 350 g/mol. The quantitative estimate of drug-likeness (QED) is 0.210. The Morgan fingerprint density at radius 3 is 2.17 bits per heavy atom. The second kappa shape index (κ2) is 14.5. The van der Waals surface area contributed by atoms with E-state index < -0.39 is 24.2 Å². The van der Waals surface area contributed by atoms with Gasteiger partial charge in [-0.3, -0.25) is 0 Å². The van der Waals surface area contributed by atoms with E-state index in [-0.39, 0.29) is 33.0 Å². The Hall–Kier alpha value is -2.07. The lowest BCUT2D eigenvalue weighted by atomic mass is 10.1. The fourth-order valence-corrected chi connectivity index (χ4v) is 1.67. The van der Waals surface area contributed by atoms with E-state index in [1.807, 2.05) is 0 Å². The van der Waals surface area contributed by atoms with Crippen molar-refractivity contribution in [3.63, 3.8) is 0 Å². The molecule has 10 nitrogen and oxygen atoms in total. The van der Waals surface area contributed by atoms with Gasteiger partial charge in [0.1, 0.15) is 19.3 Å². The third-order valence-corrected chi connectivity index (χ3v) is 2.70. The summed E-state index contributed by atoms with van der Waals surface area (Å²) in [6.45, 7) is 1.37. The van der Waals surface area contributed by atoms with Crippen LogP contribution in [-0.4, -0.2) is 74.0 Å². The van der Waals surface area contributed by atoms with Gasteiger partial charge in [-0.25, -0.2) is 14.4 Å². The van der Waals surface area contributed by atoms with Crippen LogP contribution in [0, 0.1) is 0 Å². The minimum Gasteiger partial charge on any atom is -0.464 e. The normalized spacial score (nSPS) is 11.3. The van der Waals surface area contributed by atoms with Gasteiger partial charge in [-0.1, -0.05) is 0 Å². The molecule has 0 heterocycles. The van der Waals surface area contributed by atoms with Crippen LogP contribution in [0.15, 0.2) is 0 Å². The third-order valence-electron chi connectivity index (χ3n) is 2.70. The molecule has 1 unspecified atom stereocenters. The highest BCUT2D eigenvalue weighted by molar-refractivity contribution is 5.81. The number of esters is 1. The molecule has 4 N–H and O–H groups in total. The number of carbonyl (C=O) groups is 3. The average Bonchev–Trinajstić information content (AvgIpc) is 2.56. The SMILES string of the molecule is CCOC(=O)C(CCCCNC(=O)OCCO)NC(=O)OCCO. The molecular weight excluding hydrogens is 324 g/mol. The lowest BCUT2D eigenvalue weighted by Gasteiger charge is -2.17. The van der Waals surface area contributed by atoms with Crippen molar-refractivity contribution in [3.8, 4) is 0 Å². The Labute approximate surface area is 140 Å². The summed E-state index contributed by atoms with van der Waals surface area (Å²) in [6.07, 6.45) is -0.0494. The molecule has 0 aromatic rings. The van der Waals surface area contributed by atoms with Crippen molar-refractivity contribution in [3.05, 3.63) is 0 Å². The number of alkyl carbamates (subject to hydrolysis) is 2. The molecule has 0 fully saturated rings. The van der Waals surface area contributed by atoms with Crippen LogP contribution >= 0.6 is 0 Å². The minimum atomic E-state index is -0.863. The van der Waals surface area contributed by atoms with Crippen molar-refractivity contribution < 1.29 is 38.8 Å². The minimum absolute atomic E-state index is 0.0728. The Bertz CT molecular complexity index is 378. The van der Waals surface area contributed by atoms with Gasteiger partial charge >= 0.3 is 18.2 Å². The van der Waals surface area contributed by atoms with Crippen LogP contribution in [0.4, 0.5) is 9.59 Å².